The Bertz CT molecular complexity index is 752. The van der Waals surface area contributed by atoms with Crippen molar-refractivity contribution in [3.05, 3.63) is 63.7 Å². The largest absolute Gasteiger partial charge is 0.268 e. The minimum Gasteiger partial charge on any atom is -0.268 e. The normalized spacial score (nSPS) is 13.8. The molecule has 0 radical (unpaired) electrons. The number of carbonyl (C=O) groups is 2. The maximum atomic E-state index is 12.5. The third-order valence-corrected chi connectivity index (χ3v) is 3.95. The van der Waals surface area contributed by atoms with E-state index in [0.717, 1.165) is 16.0 Å². The van der Waals surface area contributed by atoms with Gasteiger partial charge in [0.25, 0.3) is 11.8 Å². The summed E-state index contributed by atoms with van der Waals surface area (Å²) < 4.78 is 0. The van der Waals surface area contributed by atoms with Gasteiger partial charge in [0.2, 0.25) is 0 Å². The van der Waals surface area contributed by atoms with Gasteiger partial charge in [-0.25, -0.2) is 4.90 Å². The minimum atomic E-state index is -0.322. The number of rotatable bonds is 1. The van der Waals surface area contributed by atoms with Crippen molar-refractivity contribution < 1.29 is 9.59 Å². The Kier molecular flexibility index (Phi) is 2.87. The first-order valence-corrected chi connectivity index (χ1v) is 6.63. The van der Waals surface area contributed by atoms with Crippen LogP contribution in [0.1, 0.15) is 31.8 Å². The van der Waals surface area contributed by atoms with E-state index in [2.05, 4.69) is 0 Å². The second kappa shape index (κ2) is 4.46. The first kappa shape index (κ1) is 12.9. The molecule has 4 heteroatoms. The molecule has 0 unspecified atom stereocenters. The predicted octanol–water partition coefficient (Wildman–Crippen LogP) is 3.76. The number of carbonyl (C=O) groups excluding carboxylic acids is 2. The van der Waals surface area contributed by atoms with Crippen LogP contribution in [0.3, 0.4) is 0 Å². The van der Waals surface area contributed by atoms with E-state index in [1.807, 2.05) is 26.0 Å². The van der Waals surface area contributed by atoms with Crippen LogP contribution >= 0.6 is 11.6 Å². The number of nitrogens with zero attached hydrogens (tertiary/aromatic N) is 1. The summed E-state index contributed by atoms with van der Waals surface area (Å²) in [7, 11) is 0. The highest BCUT2D eigenvalue weighted by Crippen LogP contribution is 2.35. The smallest absolute Gasteiger partial charge is 0.266 e. The van der Waals surface area contributed by atoms with Crippen LogP contribution in [0, 0.1) is 13.8 Å². The van der Waals surface area contributed by atoms with Gasteiger partial charge in [-0.2, -0.15) is 0 Å². The quantitative estimate of drug-likeness (QED) is 0.748. The van der Waals surface area contributed by atoms with Crippen LogP contribution in [0.2, 0.25) is 5.02 Å². The lowest BCUT2D eigenvalue weighted by Gasteiger charge is -2.16. The number of fused-ring (bicyclic) bond motifs is 1. The molecule has 3 nitrogen and oxygen atoms in total. The summed E-state index contributed by atoms with van der Waals surface area (Å²) in [4.78, 5) is 26.1. The van der Waals surface area contributed by atoms with Crippen LogP contribution in [0.15, 0.2) is 36.4 Å². The Labute approximate surface area is 121 Å². The lowest BCUT2D eigenvalue weighted by Crippen LogP contribution is -2.29. The highest BCUT2D eigenvalue weighted by molar-refractivity contribution is 6.40. The summed E-state index contributed by atoms with van der Waals surface area (Å²) in [6.07, 6.45) is 0. The molecule has 2 amide bonds. The second-order valence-corrected chi connectivity index (χ2v) is 5.28. The van der Waals surface area contributed by atoms with E-state index < -0.39 is 0 Å². The summed E-state index contributed by atoms with van der Waals surface area (Å²) in [5.74, 6) is -0.640. The molecule has 0 saturated heterocycles. The van der Waals surface area contributed by atoms with E-state index in [1.54, 1.807) is 24.3 Å². The molecule has 100 valence electrons. The van der Waals surface area contributed by atoms with E-state index in [-0.39, 0.29) is 11.8 Å². The number of aryl methyl sites for hydroxylation is 2. The maximum Gasteiger partial charge on any atom is 0.266 e. The molecule has 1 aliphatic rings. The number of amides is 2. The first-order chi connectivity index (χ1) is 9.50. The van der Waals surface area contributed by atoms with Crippen molar-refractivity contribution in [1.29, 1.82) is 0 Å². The van der Waals surface area contributed by atoms with Crippen LogP contribution in [0.5, 0.6) is 0 Å². The Morgan fingerprint density at radius 1 is 0.950 bits per heavy atom. The summed E-state index contributed by atoms with van der Waals surface area (Å²) >= 11 is 6.23. The fourth-order valence-corrected chi connectivity index (χ4v) is 2.59. The van der Waals surface area contributed by atoms with Crippen LogP contribution in [0.25, 0.3) is 0 Å². The van der Waals surface area contributed by atoms with Gasteiger partial charge in [-0.1, -0.05) is 35.4 Å². The van der Waals surface area contributed by atoms with Crippen molar-refractivity contribution in [2.45, 2.75) is 13.8 Å². The van der Waals surface area contributed by atoms with Gasteiger partial charge >= 0.3 is 0 Å². The topological polar surface area (TPSA) is 37.4 Å². The van der Waals surface area contributed by atoms with Crippen molar-refractivity contribution in [1.82, 2.24) is 0 Å². The summed E-state index contributed by atoms with van der Waals surface area (Å²) in [6.45, 7) is 3.73. The Hall–Kier alpha value is -2.13. The van der Waals surface area contributed by atoms with Gasteiger partial charge in [-0.15, -0.1) is 0 Å². The van der Waals surface area contributed by atoms with Crippen molar-refractivity contribution >= 4 is 29.1 Å². The summed E-state index contributed by atoms with van der Waals surface area (Å²) in [6, 6.07) is 10.6. The Morgan fingerprint density at radius 2 is 1.65 bits per heavy atom. The molecule has 3 rings (SSSR count). The molecule has 0 bridgehead atoms. The van der Waals surface area contributed by atoms with Crippen LogP contribution in [-0.2, 0) is 0 Å². The molecule has 2 aromatic carbocycles. The van der Waals surface area contributed by atoms with Gasteiger partial charge in [0.15, 0.2) is 0 Å². The molecule has 0 aromatic heterocycles. The highest BCUT2D eigenvalue weighted by Gasteiger charge is 2.37. The van der Waals surface area contributed by atoms with Gasteiger partial charge in [-0.3, -0.25) is 9.59 Å². The molecular weight excluding hydrogens is 274 g/mol. The number of hydrogen-bond acceptors (Lipinski definition) is 2. The van der Waals surface area contributed by atoms with Gasteiger partial charge in [0.1, 0.15) is 0 Å². The summed E-state index contributed by atoms with van der Waals surface area (Å²) in [5, 5.41) is 0.429. The van der Waals surface area contributed by atoms with Gasteiger partial charge in [0.05, 0.1) is 21.8 Å². The lowest BCUT2D eigenvalue weighted by molar-refractivity contribution is 0.0926. The molecule has 20 heavy (non-hydrogen) atoms. The van der Waals surface area contributed by atoms with Crippen molar-refractivity contribution in [3.63, 3.8) is 0 Å². The lowest BCUT2D eigenvalue weighted by atomic mass is 10.1. The van der Waals surface area contributed by atoms with Gasteiger partial charge in [-0.05, 0) is 37.6 Å². The zero-order valence-electron chi connectivity index (χ0n) is 11.1. The third kappa shape index (κ3) is 1.74. The number of anilines is 1. The molecule has 0 N–H and O–H groups in total. The first-order valence-electron chi connectivity index (χ1n) is 6.25. The van der Waals surface area contributed by atoms with Crippen LogP contribution in [-0.4, -0.2) is 11.8 Å². The monoisotopic (exact) mass is 285 g/mol. The third-order valence-electron chi connectivity index (χ3n) is 3.45. The molecular formula is C16H12ClNO2. The number of halogens is 1. The van der Waals surface area contributed by atoms with Crippen molar-refractivity contribution in [2.24, 2.45) is 0 Å². The average molecular weight is 286 g/mol. The van der Waals surface area contributed by atoms with E-state index in [9.17, 15) is 9.59 Å². The molecule has 1 heterocycles. The van der Waals surface area contributed by atoms with Crippen LogP contribution < -0.4 is 4.90 Å². The average Bonchev–Trinajstić information content (AvgIpc) is 2.65. The van der Waals surface area contributed by atoms with E-state index in [1.165, 1.54) is 0 Å². The molecule has 0 spiro atoms. The van der Waals surface area contributed by atoms with Gasteiger partial charge < -0.3 is 0 Å². The zero-order chi connectivity index (χ0) is 14.4. The van der Waals surface area contributed by atoms with E-state index >= 15 is 0 Å². The Morgan fingerprint density at radius 3 is 2.40 bits per heavy atom. The fourth-order valence-electron chi connectivity index (χ4n) is 2.38. The molecule has 0 aliphatic carbocycles. The minimum absolute atomic E-state index is 0.318. The summed E-state index contributed by atoms with van der Waals surface area (Å²) in [5.41, 5.74) is 3.08. The van der Waals surface area contributed by atoms with E-state index in [0.29, 0.717) is 21.8 Å². The molecule has 0 saturated carbocycles. The standard InChI is InChI=1S/C16H12ClNO2/c1-9-6-7-11-12(8-9)16(20)18(15(11)19)13-5-3-4-10(2)14(13)17/h3-8H,1-2H3. The van der Waals surface area contributed by atoms with Gasteiger partial charge in [0, 0.05) is 0 Å². The van der Waals surface area contributed by atoms with Crippen molar-refractivity contribution in [2.75, 3.05) is 4.90 Å². The number of hydrogen-bond donors (Lipinski definition) is 0. The maximum absolute atomic E-state index is 12.5. The highest BCUT2D eigenvalue weighted by atomic mass is 35.5. The van der Waals surface area contributed by atoms with Crippen molar-refractivity contribution in [3.8, 4) is 0 Å². The Balaban J connectivity index is 2.17. The molecule has 2 aromatic rings. The predicted molar refractivity (Wildman–Crippen MR) is 78.5 cm³/mol. The fraction of sp³-hybridized carbons (Fsp3) is 0.125. The second-order valence-electron chi connectivity index (χ2n) is 4.90. The zero-order valence-corrected chi connectivity index (χ0v) is 11.9. The van der Waals surface area contributed by atoms with E-state index in [4.69, 9.17) is 11.6 Å². The molecule has 0 fully saturated rings. The SMILES string of the molecule is Cc1ccc2c(c1)C(=O)N(c1cccc(C)c1Cl)C2=O. The molecule has 1 aliphatic heterocycles. The molecule has 0 atom stereocenters. The number of imide groups is 1. The number of benzene rings is 2. The van der Waals surface area contributed by atoms with Crippen LogP contribution in [0.4, 0.5) is 5.69 Å².